The molecular weight excluding hydrogens is 389 g/mol. The summed E-state index contributed by atoms with van der Waals surface area (Å²) in [6, 6.07) is 11.6. The second-order valence-electron chi connectivity index (χ2n) is 4.66. The number of carbonyl (C=O) groups is 1. The molecule has 0 aliphatic carbocycles. The van der Waals surface area contributed by atoms with Gasteiger partial charge in [0.05, 0.1) is 11.8 Å². The van der Waals surface area contributed by atoms with Gasteiger partial charge >= 0.3 is 6.18 Å². The molecule has 0 aliphatic heterocycles. The van der Waals surface area contributed by atoms with E-state index < -0.39 is 24.3 Å². The molecule has 2 aromatic rings. The summed E-state index contributed by atoms with van der Waals surface area (Å²) >= 11 is 3.33. The Balaban J connectivity index is 1.87. The number of halogens is 4. The summed E-state index contributed by atoms with van der Waals surface area (Å²) in [7, 11) is 0. The van der Waals surface area contributed by atoms with Crippen LogP contribution in [0.5, 0.6) is 0 Å². The number of nitrogens with zero attached hydrogens (tertiary/aromatic N) is 1. The molecule has 2 rings (SSSR count). The van der Waals surface area contributed by atoms with Gasteiger partial charge in [-0.3, -0.25) is 4.79 Å². The van der Waals surface area contributed by atoms with Crippen molar-refractivity contribution < 1.29 is 22.8 Å². The van der Waals surface area contributed by atoms with Crippen LogP contribution in [-0.2, 0) is 15.8 Å². The lowest BCUT2D eigenvalue weighted by molar-refractivity contribution is -0.137. The first-order chi connectivity index (χ1) is 11.4. The van der Waals surface area contributed by atoms with E-state index in [0.717, 1.165) is 22.2 Å². The van der Waals surface area contributed by atoms with Crippen molar-refractivity contribution in [2.75, 3.05) is 11.9 Å². The minimum absolute atomic E-state index is 0.0354. The Bertz CT molecular complexity index is 748. The fraction of sp³-hybridized carbons (Fsp3) is 0.125. The average Bonchev–Trinajstić information content (AvgIpc) is 2.52. The van der Waals surface area contributed by atoms with Gasteiger partial charge < -0.3 is 10.2 Å². The summed E-state index contributed by atoms with van der Waals surface area (Å²) in [6.07, 6.45) is -3.05. The third-order valence-corrected chi connectivity index (χ3v) is 3.56. The van der Waals surface area contributed by atoms with Crippen LogP contribution >= 0.6 is 15.9 Å². The molecule has 1 N–H and O–H groups in total. The molecule has 1 amide bonds. The standard InChI is InChI=1S/C16H12BrF3N2O2/c17-14-7-2-1-4-11(14)9-21-24-10-15(23)22-13-6-3-5-12(8-13)16(18,19)20/h1-9H,10H2,(H,22,23)/b21-9-. The molecule has 0 radical (unpaired) electrons. The lowest BCUT2D eigenvalue weighted by atomic mass is 10.2. The predicted molar refractivity (Wildman–Crippen MR) is 87.8 cm³/mol. The molecule has 0 saturated heterocycles. The summed E-state index contributed by atoms with van der Waals surface area (Å²) < 4.78 is 38.6. The molecule has 0 atom stereocenters. The molecule has 0 bridgehead atoms. The summed E-state index contributed by atoms with van der Waals surface area (Å²) in [5, 5.41) is 5.96. The maximum absolute atomic E-state index is 12.6. The molecule has 126 valence electrons. The highest BCUT2D eigenvalue weighted by Crippen LogP contribution is 2.30. The Morgan fingerprint density at radius 2 is 1.96 bits per heavy atom. The van der Waals surface area contributed by atoms with Gasteiger partial charge in [0.1, 0.15) is 0 Å². The van der Waals surface area contributed by atoms with Crippen LogP contribution in [-0.4, -0.2) is 18.7 Å². The van der Waals surface area contributed by atoms with Gasteiger partial charge in [0.15, 0.2) is 6.61 Å². The maximum Gasteiger partial charge on any atom is 0.416 e. The zero-order valence-electron chi connectivity index (χ0n) is 12.2. The van der Waals surface area contributed by atoms with Crippen molar-refractivity contribution in [1.29, 1.82) is 0 Å². The lowest BCUT2D eigenvalue weighted by Gasteiger charge is -2.09. The van der Waals surface area contributed by atoms with Gasteiger partial charge in [-0.15, -0.1) is 0 Å². The zero-order chi connectivity index (χ0) is 17.6. The van der Waals surface area contributed by atoms with E-state index in [1.807, 2.05) is 18.2 Å². The van der Waals surface area contributed by atoms with E-state index in [9.17, 15) is 18.0 Å². The monoisotopic (exact) mass is 400 g/mol. The zero-order valence-corrected chi connectivity index (χ0v) is 13.8. The van der Waals surface area contributed by atoms with Crippen molar-refractivity contribution in [3.63, 3.8) is 0 Å². The van der Waals surface area contributed by atoms with Gasteiger partial charge in [-0.1, -0.05) is 45.4 Å². The van der Waals surface area contributed by atoms with Crippen molar-refractivity contribution in [1.82, 2.24) is 0 Å². The van der Waals surface area contributed by atoms with E-state index in [1.54, 1.807) is 6.07 Å². The Kier molecular flexibility index (Phi) is 5.97. The number of alkyl halides is 3. The number of benzene rings is 2. The minimum atomic E-state index is -4.47. The van der Waals surface area contributed by atoms with Gasteiger partial charge in [-0.05, 0) is 24.3 Å². The highest BCUT2D eigenvalue weighted by Gasteiger charge is 2.30. The van der Waals surface area contributed by atoms with E-state index in [4.69, 9.17) is 4.84 Å². The molecule has 0 spiro atoms. The molecule has 4 nitrogen and oxygen atoms in total. The molecule has 8 heteroatoms. The Hall–Kier alpha value is -2.35. The molecule has 0 unspecified atom stereocenters. The fourth-order valence-electron chi connectivity index (χ4n) is 1.74. The summed E-state index contributed by atoms with van der Waals surface area (Å²) in [6.45, 7) is -0.419. The topological polar surface area (TPSA) is 50.7 Å². The molecule has 2 aromatic carbocycles. The number of nitrogens with one attached hydrogen (secondary N) is 1. The summed E-state index contributed by atoms with van der Waals surface area (Å²) in [4.78, 5) is 16.5. The SMILES string of the molecule is O=C(CO/N=C\c1ccccc1Br)Nc1cccc(C(F)(F)F)c1. The maximum atomic E-state index is 12.6. The second-order valence-corrected chi connectivity index (χ2v) is 5.51. The highest BCUT2D eigenvalue weighted by molar-refractivity contribution is 9.10. The first kappa shape index (κ1) is 18.0. The van der Waals surface area contributed by atoms with Crippen LogP contribution in [0.2, 0.25) is 0 Å². The number of anilines is 1. The van der Waals surface area contributed by atoms with Crippen molar-refractivity contribution in [2.45, 2.75) is 6.18 Å². The number of hydrogen-bond donors (Lipinski definition) is 1. The molecular formula is C16H12BrF3N2O2. The van der Waals surface area contributed by atoms with E-state index in [-0.39, 0.29) is 5.69 Å². The van der Waals surface area contributed by atoms with Gasteiger partial charge in [0, 0.05) is 15.7 Å². The van der Waals surface area contributed by atoms with Gasteiger partial charge in [0.2, 0.25) is 0 Å². The lowest BCUT2D eigenvalue weighted by Crippen LogP contribution is -2.17. The third kappa shape index (κ3) is 5.38. The molecule has 0 fully saturated rings. The largest absolute Gasteiger partial charge is 0.416 e. The Morgan fingerprint density at radius 3 is 2.67 bits per heavy atom. The number of carbonyl (C=O) groups excluding carboxylic acids is 1. The number of hydrogen-bond acceptors (Lipinski definition) is 3. The Labute approximate surface area is 144 Å². The number of rotatable bonds is 5. The van der Waals surface area contributed by atoms with Crippen LogP contribution < -0.4 is 5.32 Å². The number of oxime groups is 1. The van der Waals surface area contributed by atoms with Crippen LogP contribution in [0.4, 0.5) is 18.9 Å². The highest BCUT2D eigenvalue weighted by atomic mass is 79.9. The molecule has 0 aliphatic rings. The Morgan fingerprint density at radius 1 is 1.21 bits per heavy atom. The van der Waals surface area contributed by atoms with Gasteiger partial charge in [-0.2, -0.15) is 13.2 Å². The van der Waals surface area contributed by atoms with Crippen molar-refractivity contribution in [2.24, 2.45) is 5.16 Å². The minimum Gasteiger partial charge on any atom is -0.386 e. The van der Waals surface area contributed by atoms with E-state index in [1.165, 1.54) is 18.3 Å². The quantitative estimate of drug-likeness (QED) is 0.594. The second kappa shape index (κ2) is 7.96. The van der Waals surface area contributed by atoms with E-state index in [0.29, 0.717) is 0 Å². The van der Waals surface area contributed by atoms with Gasteiger partial charge in [-0.25, -0.2) is 0 Å². The summed E-state index contributed by atoms with van der Waals surface area (Å²) in [5.41, 5.74) is -0.0443. The average molecular weight is 401 g/mol. The number of amides is 1. The van der Waals surface area contributed by atoms with Crippen LogP contribution in [0.1, 0.15) is 11.1 Å². The molecule has 0 saturated carbocycles. The van der Waals surface area contributed by atoms with Crippen molar-refractivity contribution in [3.8, 4) is 0 Å². The predicted octanol–water partition coefficient (Wildman–Crippen LogP) is 4.46. The normalized spacial score (nSPS) is 11.5. The first-order valence-electron chi connectivity index (χ1n) is 6.73. The van der Waals surface area contributed by atoms with Crippen molar-refractivity contribution in [3.05, 3.63) is 64.1 Å². The van der Waals surface area contributed by atoms with Gasteiger partial charge in [0.25, 0.3) is 5.91 Å². The molecule has 0 heterocycles. The van der Waals surface area contributed by atoms with Crippen LogP contribution in [0.15, 0.2) is 58.2 Å². The smallest absolute Gasteiger partial charge is 0.386 e. The molecule has 24 heavy (non-hydrogen) atoms. The molecule has 0 aromatic heterocycles. The van der Waals surface area contributed by atoms with Crippen LogP contribution in [0.25, 0.3) is 0 Å². The van der Waals surface area contributed by atoms with E-state index >= 15 is 0 Å². The first-order valence-corrected chi connectivity index (χ1v) is 7.52. The van der Waals surface area contributed by atoms with Crippen LogP contribution in [0.3, 0.4) is 0 Å². The fourth-order valence-corrected chi connectivity index (χ4v) is 2.13. The summed E-state index contributed by atoms with van der Waals surface area (Å²) in [5.74, 6) is -0.612. The van der Waals surface area contributed by atoms with Crippen LogP contribution in [0, 0.1) is 0 Å². The third-order valence-electron chi connectivity index (χ3n) is 2.84. The van der Waals surface area contributed by atoms with E-state index in [2.05, 4.69) is 26.4 Å². The van der Waals surface area contributed by atoms with Crippen molar-refractivity contribution >= 4 is 33.7 Å².